The zero-order valence-corrected chi connectivity index (χ0v) is 14.3. The van der Waals surface area contributed by atoms with Crippen molar-refractivity contribution in [1.29, 1.82) is 0 Å². The van der Waals surface area contributed by atoms with Crippen LogP contribution in [0.4, 0.5) is 0 Å². The van der Waals surface area contributed by atoms with Gasteiger partial charge in [0.05, 0.1) is 9.54 Å². The number of nitrogens with one attached hydrogen (secondary N) is 1. The number of hydrogen-bond acceptors (Lipinski definition) is 4. The van der Waals surface area contributed by atoms with Gasteiger partial charge >= 0.3 is 0 Å². The molecule has 1 aromatic rings. The molecule has 0 aliphatic rings. The van der Waals surface area contributed by atoms with Gasteiger partial charge in [0.15, 0.2) is 0 Å². The first-order chi connectivity index (χ1) is 7.83. The molecule has 8 heteroatoms. The van der Waals surface area contributed by atoms with Crippen LogP contribution in [0.3, 0.4) is 0 Å². The number of halogens is 2. The van der Waals surface area contributed by atoms with E-state index < -0.39 is 10.0 Å². The Bertz CT molecular complexity index is 452. The van der Waals surface area contributed by atoms with Crippen LogP contribution in [-0.4, -0.2) is 39.1 Å². The van der Waals surface area contributed by atoms with Crippen LogP contribution < -0.4 is 5.32 Å². The van der Waals surface area contributed by atoms with Crippen LogP contribution in [0.1, 0.15) is 4.88 Å². The van der Waals surface area contributed by atoms with Gasteiger partial charge in [-0.05, 0) is 37.9 Å². The van der Waals surface area contributed by atoms with Gasteiger partial charge in [-0.1, -0.05) is 0 Å². The summed E-state index contributed by atoms with van der Waals surface area (Å²) in [4.78, 5) is 1.16. The number of sulfonamides is 1. The molecule has 1 aromatic heterocycles. The number of nitrogens with zero attached hydrogens (tertiary/aromatic N) is 1. The molecule has 0 aliphatic heterocycles. The van der Waals surface area contributed by atoms with Crippen molar-refractivity contribution in [2.45, 2.75) is 6.54 Å². The number of hydrogen-bond donors (Lipinski definition) is 1. The zero-order valence-electron chi connectivity index (χ0n) is 9.53. The Morgan fingerprint density at radius 3 is 2.53 bits per heavy atom. The molecular formula is C9H14Br2N2O2S2. The lowest BCUT2D eigenvalue weighted by Gasteiger charge is -2.11. The minimum absolute atomic E-state index is 0.119. The second-order valence-electron chi connectivity index (χ2n) is 3.61. The third kappa shape index (κ3) is 4.96. The number of rotatable bonds is 6. The normalized spacial score (nSPS) is 12.3. The molecule has 0 amide bonds. The molecule has 98 valence electrons. The third-order valence-electron chi connectivity index (χ3n) is 2.09. The first-order valence-corrected chi connectivity index (χ1v) is 8.88. The first kappa shape index (κ1) is 15.6. The molecule has 1 N–H and O–H groups in total. The quantitative estimate of drug-likeness (QED) is 0.738. The van der Waals surface area contributed by atoms with Gasteiger partial charge in [-0.25, -0.2) is 12.7 Å². The van der Waals surface area contributed by atoms with Gasteiger partial charge < -0.3 is 5.32 Å². The summed E-state index contributed by atoms with van der Waals surface area (Å²) < 4.78 is 26.3. The predicted molar refractivity (Wildman–Crippen MR) is 78.9 cm³/mol. The van der Waals surface area contributed by atoms with Gasteiger partial charge in [0.25, 0.3) is 0 Å². The minimum atomic E-state index is -3.10. The molecule has 4 nitrogen and oxygen atoms in total. The van der Waals surface area contributed by atoms with E-state index in [1.165, 1.54) is 4.31 Å². The Kier molecular flexibility index (Phi) is 6.07. The Morgan fingerprint density at radius 2 is 2.06 bits per heavy atom. The fourth-order valence-electron chi connectivity index (χ4n) is 1.07. The molecule has 0 aliphatic carbocycles. The van der Waals surface area contributed by atoms with Crippen LogP contribution in [-0.2, 0) is 16.6 Å². The molecule has 0 spiro atoms. The van der Waals surface area contributed by atoms with Crippen LogP contribution in [0.15, 0.2) is 14.3 Å². The maximum Gasteiger partial charge on any atom is 0.214 e. The summed E-state index contributed by atoms with van der Waals surface area (Å²) >= 11 is 8.45. The molecule has 0 saturated heterocycles. The molecule has 0 radical (unpaired) electrons. The Hall–Kier alpha value is 0.530. The van der Waals surface area contributed by atoms with Crippen LogP contribution in [0.25, 0.3) is 0 Å². The van der Waals surface area contributed by atoms with Gasteiger partial charge in [0, 0.05) is 36.5 Å². The summed E-state index contributed by atoms with van der Waals surface area (Å²) in [6.07, 6.45) is 0. The molecule has 17 heavy (non-hydrogen) atoms. The average Bonchev–Trinajstić information content (AvgIpc) is 2.53. The third-order valence-corrected chi connectivity index (χ3v) is 7.18. The molecule has 0 unspecified atom stereocenters. The Labute approximate surface area is 123 Å². The molecular weight excluding hydrogens is 392 g/mol. The molecule has 1 rings (SSSR count). The first-order valence-electron chi connectivity index (χ1n) is 4.87. The summed E-state index contributed by atoms with van der Waals surface area (Å²) in [7, 11) is -0.0109. The highest BCUT2D eigenvalue weighted by Crippen LogP contribution is 2.32. The van der Waals surface area contributed by atoms with E-state index in [0.29, 0.717) is 13.1 Å². The van der Waals surface area contributed by atoms with Crippen molar-refractivity contribution in [1.82, 2.24) is 9.62 Å². The Morgan fingerprint density at radius 1 is 1.41 bits per heavy atom. The highest BCUT2D eigenvalue weighted by atomic mass is 79.9. The van der Waals surface area contributed by atoms with Crippen molar-refractivity contribution >= 4 is 53.2 Å². The largest absolute Gasteiger partial charge is 0.311 e. The van der Waals surface area contributed by atoms with Gasteiger partial charge in [-0.3, -0.25) is 0 Å². The van der Waals surface area contributed by atoms with Crippen molar-refractivity contribution in [3.63, 3.8) is 0 Å². The van der Waals surface area contributed by atoms with Gasteiger partial charge in [-0.15, -0.1) is 11.3 Å². The lowest BCUT2D eigenvalue weighted by molar-refractivity contribution is 0.517. The maximum absolute atomic E-state index is 11.5. The fourth-order valence-corrected chi connectivity index (χ4v) is 3.99. The summed E-state index contributed by atoms with van der Waals surface area (Å²) in [5.41, 5.74) is 0. The van der Waals surface area contributed by atoms with Crippen LogP contribution in [0.5, 0.6) is 0 Å². The summed E-state index contributed by atoms with van der Waals surface area (Å²) in [5.74, 6) is 0.119. The van der Waals surface area contributed by atoms with Crippen molar-refractivity contribution in [2.75, 3.05) is 26.4 Å². The van der Waals surface area contributed by atoms with Crippen molar-refractivity contribution < 1.29 is 8.42 Å². The standard InChI is InChI=1S/C9H14Br2N2O2S2/c1-13(2)17(14,15)4-3-12-6-7-5-8(10)9(11)16-7/h5,12H,3-4,6H2,1-2H3. The second kappa shape index (κ2) is 6.63. The van der Waals surface area contributed by atoms with E-state index in [1.54, 1.807) is 25.4 Å². The van der Waals surface area contributed by atoms with Crippen molar-refractivity contribution in [3.05, 3.63) is 19.2 Å². The lowest BCUT2D eigenvalue weighted by Crippen LogP contribution is -2.30. The van der Waals surface area contributed by atoms with E-state index in [1.807, 2.05) is 6.07 Å². The highest BCUT2D eigenvalue weighted by Gasteiger charge is 2.12. The van der Waals surface area contributed by atoms with Gasteiger partial charge in [-0.2, -0.15) is 0 Å². The van der Waals surface area contributed by atoms with E-state index in [-0.39, 0.29) is 5.75 Å². The summed E-state index contributed by atoms with van der Waals surface area (Å²) in [5, 5.41) is 3.12. The van der Waals surface area contributed by atoms with Gasteiger partial charge in [0.1, 0.15) is 0 Å². The molecule has 0 saturated carbocycles. The molecule has 0 bridgehead atoms. The van der Waals surface area contributed by atoms with E-state index in [9.17, 15) is 8.42 Å². The summed E-state index contributed by atoms with van der Waals surface area (Å²) in [6.45, 7) is 1.13. The molecule has 1 heterocycles. The SMILES string of the molecule is CN(C)S(=O)(=O)CCNCc1cc(Br)c(Br)s1. The van der Waals surface area contributed by atoms with Crippen LogP contribution in [0, 0.1) is 0 Å². The summed E-state index contributed by atoms with van der Waals surface area (Å²) in [6, 6.07) is 2.02. The van der Waals surface area contributed by atoms with Crippen LogP contribution >= 0.6 is 43.2 Å². The fraction of sp³-hybridized carbons (Fsp3) is 0.556. The maximum atomic E-state index is 11.5. The highest BCUT2D eigenvalue weighted by molar-refractivity contribution is 9.13. The minimum Gasteiger partial charge on any atom is -0.311 e. The molecule has 0 aromatic carbocycles. The van der Waals surface area contributed by atoms with E-state index >= 15 is 0 Å². The van der Waals surface area contributed by atoms with Crippen LogP contribution in [0.2, 0.25) is 0 Å². The average molecular weight is 406 g/mol. The monoisotopic (exact) mass is 404 g/mol. The molecule has 0 fully saturated rings. The Balaban J connectivity index is 2.34. The second-order valence-corrected chi connectivity index (χ2v) is 9.22. The van der Waals surface area contributed by atoms with Gasteiger partial charge in [0.2, 0.25) is 10.0 Å². The van der Waals surface area contributed by atoms with E-state index in [2.05, 4.69) is 37.2 Å². The zero-order chi connectivity index (χ0) is 13.1. The van der Waals surface area contributed by atoms with Crippen molar-refractivity contribution in [3.8, 4) is 0 Å². The van der Waals surface area contributed by atoms with Crippen molar-refractivity contribution in [2.24, 2.45) is 0 Å². The topological polar surface area (TPSA) is 49.4 Å². The lowest BCUT2D eigenvalue weighted by atomic mass is 10.4. The van der Waals surface area contributed by atoms with E-state index in [4.69, 9.17) is 0 Å². The van der Waals surface area contributed by atoms with E-state index in [0.717, 1.165) is 13.1 Å². The smallest absolute Gasteiger partial charge is 0.214 e. The molecule has 0 atom stereocenters. The predicted octanol–water partition coefficient (Wildman–Crippen LogP) is 2.25. The number of thiophene rings is 1.